The first-order chi connectivity index (χ1) is 17.3. The van der Waals surface area contributed by atoms with Gasteiger partial charge in [-0.3, -0.25) is 19.4 Å². The van der Waals surface area contributed by atoms with Crippen LogP contribution in [0.3, 0.4) is 0 Å². The van der Waals surface area contributed by atoms with Gasteiger partial charge < -0.3 is 15.0 Å². The van der Waals surface area contributed by atoms with Gasteiger partial charge in [0.2, 0.25) is 17.8 Å². The molecule has 1 atom stereocenters. The molecular formula is C25H24N6O4S. The fourth-order valence-electron chi connectivity index (χ4n) is 4.05. The zero-order valence-electron chi connectivity index (χ0n) is 19.9. The van der Waals surface area contributed by atoms with Crippen LogP contribution < -0.4 is 20.5 Å². The quantitative estimate of drug-likeness (QED) is 0.416. The number of anilines is 2. The van der Waals surface area contributed by atoms with Gasteiger partial charge in [0.05, 0.1) is 17.9 Å². The molecule has 4 heterocycles. The zero-order valence-corrected chi connectivity index (χ0v) is 20.8. The van der Waals surface area contributed by atoms with E-state index in [1.807, 2.05) is 23.6 Å². The Hall–Kier alpha value is -4.25. The molecule has 4 aromatic rings. The maximum atomic E-state index is 13.3. The first-order valence-electron chi connectivity index (χ1n) is 11.3. The van der Waals surface area contributed by atoms with Gasteiger partial charge in [-0.05, 0) is 37.4 Å². The lowest BCUT2D eigenvalue weighted by Gasteiger charge is -2.17. The summed E-state index contributed by atoms with van der Waals surface area (Å²) < 4.78 is 6.67. The van der Waals surface area contributed by atoms with E-state index in [1.54, 1.807) is 50.1 Å². The van der Waals surface area contributed by atoms with Crippen molar-refractivity contribution in [3.8, 4) is 22.3 Å². The lowest BCUT2D eigenvalue weighted by Crippen LogP contribution is -2.29. The fraction of sp³-hybridized carbons (Fsp3) is 0.240. The van der Waals surface area contributed by atoms with Gasteiger partial charge in [0.15, 0.2) is 0 Å². The van der Waals surface area contributed by atoms with Gasteiger partial charge in [-0.2, -0.15) is 9.78 Å². The Kier molecular flexibility index (Phi) is 6.15. The minimum Gasteiger partial charge on any atom is -0.497 e. The summed E-state index contributed by atoms with van der Waals surface area (Å²) in [6.07, 6.45) is 0.0771. The number of aromatic amines is 1. The van der Waals surface area contributed by atoms with E-state index in [9.17, 15) is 14.4 Å². The molecule has 2 amide bonds. The molecule has 1 unspecified atom stereocenters. The van der Waals surface area contributed by atoms with Crippen LogP contribution in [-0.2, 0) is 9.59 Å². The van der Waals surface area contributed by atoms with E-state index in [0.717, 1.165) is 4.88 Å². The van der Waals surface area contributed by atoms with Crippen molar-refractivity contribution in [3.63, 3.8) is 0 Å². The van der Waals surface area contributed by atoms with Crippen LogP contribution in [0.2, 0.25) is 0 Å². The van der Waals surface area contributed by atoms with Crippen molar-refractivity contribution in [1.29, 1.82) is 0 Å². The smallest absolute Gasteiger partial charge is 0.255 e. The molecule has 0 spiro atoms. The molecule has 0 aliphatic carbocycles. The van der Waals surface area contributed by atoms with E-state index < -0.39 is 5.92 Å². The number of benzene rings is 1. The number of aryl methyl sites for hydroxylation is 1. The molecule has 10 nitrogen and oxygen atoms in total. The van der Waals surface area contributed by atoms with Gasteiger partial charge in [0.25, 0.3) is 5.56 Å². The van der Waals surface area contributed by atoms with Crippen LogP contribution in [0.5, 0.6) is 5.75 Å². The average Bonchev–Trinajstić information content (AvgIpc) is 3.62. The summed E-state index contributed by atoms with van der Waals surface area (Å²) in [5, 5.41) is 9.43. The second kappa shape index (κ2) is 9.42. The molecule has 0 bridgehead atoms. The maximum absolute atomic E-state index is 13.3. The summed E-state index contributed by atoms with van der Waals surface area (Å²) in [4.78, 5) is 48.1. The molecule has 36 heavy (non-hydrogen) atoms. The third-order valence-corrected chi connectivity index (χ3v) is 7.07. The highest BCUT2D eigenvalue weighted by molar-refractivity contribution is 7.13. The van der Waals surface area contributed by atoms with E-state index in [1.165, 1.54) is 16.0 Å². The third-order valence-electron chi connectivity index (χ3n) is 6.18. The molecule has 184 valence electrons. The van der Waals surface area contributed by atoms with Crippen LogP contribution in [0.25, 0.3) is 16.5 Å². The number of nitrogens with zero attached hydrogens (tertiary/aromatic N) is 4. The largest absolute Gasteiger partial charge is 0.497 e. The van der Waals surface area contributed by atoms with Crippen molar-refractivity contribution in [3.05, 3.63) is 69.5 Å². The molecule has 0 saturated carbocycles. The number of carbonyl (C=O) groups excluding carboxylic acids is 2. The van der Waals surface area contributed by atoms with E-state index in [-0.39, 0.29) is 36.3 Å². The molecule has 11 heteroatoms. The van der Waals surface area contributed by atoms with Crippen LogP contribution in [0, 0.1) is 19.8 Å². The molecule has 1 aliphatic rings. The summed E-state index contributed by atoms with van der Waals surface area (Å²) >= 11 is 1.50. The first-order valence-corrected chi connectivity index (χ1v) is 12.2. The Morgan fingerprint density at radius 2 is 2.03 bits per heavy atom. The number of nitrogens with one attached hydrogen (secondary N) is 2. The van der Waals surface area contributed by atoms with E-state index in [2.05, 4.69) is 20.4 Å². The molecule has 1 aliphatic heterocycles. The number of hydrogen-bond acceptors (Lipinski definition) is 7. The Morgan fingerprint density at radius 3 is 2.75 bits per heavy atom. The first kappa shape index (κ1) is 23.5. The number of thiophene rings is 1. The topological polar surface area (TPSA) is 122 Å². The number of ether oxygens (including phenoxy) is 1. The average molecular weight is 505 g/mol. The summed E-state index contributed by atoms with van der Waals surface area (Å²) in [6, 6.07) is 12.7. The van der Waals surface area contributed by atoms with Crippen molar-refractivity contribution < 1.29 is 14.3 Å². The fourth-order valence-corrected chi connectivity index (χ4v) is 4.73. The minimum absolute atomic E-state index is 0.0771. The zero-order chi connectivity index (χ0) is 25.4. The minimum atomic E-state index is -0.566. The predicted molar refractivity (Wildman–Crippen MR) is 137 cm³/mol. The van der Waals surface area contributed by atoms with Crippen molar-refractivity contribution in [1.82, 2.24) is 19.7 Å². The highest BCUT2D eigenvalue weighted by Crippen LogP contribution is 2.30. The number of methoxy groups -OCH3 is 1. The Labute approximate surface area is 210 Å². The molecule has 0 radical (unpaired) electrons. The van der Waals surface area contributed by atoms with Gasteiger partial charge in [-0.15, -0.1) is 11.3 Å². The number of amides is 2. The SMILES string of the molecule is COc1cccc(N2CC(C(=O)Nc3cc(-c4cccs4)nn3-c3nc(C)c(C)c(=O)[nH]3)CC2=O)c1. The van der Waals surface area contributed by atoms with Gasteiger partial charge in [0, 0.05) is 42.0 Å². The summed E-state index contributed by atoms with van der Waals surface area (Å²) in [5.41, 5.74) is 2.10. The Bertz CT molecular complexity index is 1510. The van der Waals surface area contributed by atoms with E-state index >= 15 is 0 Å². The van der Waals surface area contributed by atoms with E-state index in [0.29, 0.717) is 34.2 Å². The molecule has 5 rings (SSSR count). The molecule has 1 fully saturated rings. The maximum Gasteiger partial charge on any atom is 0.255 e. The number of rotatable bonds is 6. The molecule has 2 N–H and O–H groups in total. The van der Waals surface area contributed by atoms with Crippen LogP contribution >= 0.6 is 11.3 Å². The number of hydrogen-bond donors (Lipinski definition) is 2. The van der Waals surface area contributed by atoms with Gasteiger partial charge in [-0.1, -0.05) is 12.1 Å². The van der Waals surface area contributed by atoms with Crippen molar-refractivity contribution >= 4 is 34.7 Å². The van der Waals surface area contributed by atoms with Crippen molar-refractivity contribution in [2.45, 2.75) is 20.3 Å². The van der Waals surface area contributed by atoms with Gasteiger partial charge >= 0.3 is 0 Å². The molecule has 3 aromatic heterocycles. The molecule has 1 aromatic carbocycles. The molecular weight excluding hydrogens is 480 g/mol. The normalized spacial score (nSPS) is 15.4. The van der Waals surface area contributed by atoms with Crippen molar-refractivity contribution in [2.75, 3.05) is 23.9 Å². The number of aromatic nitrogens is 4. The highest BCUT2D eigenvalue weighted by Gasteiger charge is 2.36. The number of carbonyl (C=O) groups is 2. The van der Waals surface area contributed by atoms with Crippen LogP contribution in [0.15, 0.2) is 52.6 Å². The second-order valence-electron chi connectivity index (χ2n) is 8.50. The third kappa shape index (κ3) is 4.40. The van der Waals surface area contributed by atoms with Crippen LogP contribution in [-0.4, -0.2) is 45.2 Å². The lowest BCUT2D eigenvalue weighted by molar-refractivity contribution is -0.122. The monoisotopic (exact) mass is 504 g/mol. The predicted octanol–water partition coefficient (Wildman–Crippen LogP) is 3.30. The summed E-state index contributed by atoms with van der Waals surface area (Å²) in [5.74, 6) is 0.149. The lowest BCUT2D eigenvalue weighted by atomic mass is 10.1. The van der Waals surface area contributed by atoms with Gasteiger partial charge in [0.1, 0.15) is 17.3 Å². The standard InChI is InChI=1S/C25H24N6O4S/c1-14-15(2)26-25(28-23(14)33)31-21(12-19(29-31)20-8-5-9-36-20)27-24(34)16-10-22(32)30(13-16)17-6-4-7-18(11-17)35-3/h4-9,11-12,16H,10,13H2,1-3H3,(H,27,34)(H,26,28,33). The van der Waals surface area contributed by atoms with Crippen molar-refractivity contribution in [2.24, 2.45) is 5.92 Å². The highest BCUT2D eigenvalue weighted by atomic mass is 32.1. The number of H-pyrrole nitrogens is 1. The van der Waals surface area contributed by atoms with Crippen LogP contribution in [0.1, 0.15) is 17.7 Å². The second-order valence-corrected chi connectivity index (χ2v) is 9.45. The molecule has 1 saturated heterocycles. The van der Waals surface area contributed by atoms with E-state index in [4.69, 9.17) is 4.74 Å². The Morgan fingerprint density at radius 1 is 1.19 bits per heavy atom. The summed E-state index contributed by atoms with van der Waals surface area (Å²) in [7, 11) is 1.56. The van der Waals surface area contributed by atoms with Crippen LogP contribution in [0.4, 0.5) is 11.5 Å². The summed E-state index contributed by atoms with van der Waals surface area (Å²) in [6.45, 7) is 3.68. The van der Waals surface area contributed by atoms with Gasteiger partial charge in [-0.25, -0.2) is 4.98 Å². The Balaban J connectivity index is 1.44.